The molecule has 1 heterocycles. The molecule has 1 saturated heterocycles. The van der Waals surface area contributed by atoms with Crippen molar-refractivity contribution in [3.63, 3.8) is 0 Å². The summed E-state index contributed by atoms with van der Waals surface area (Å²) in [7, 11) is 1.69. The van der Waals surface area contributed by atoms with Crippen LogP contribution >= 0.6 is 15.9 Å². The third kappa shape index (κ3) is 2.75. The van der Waals surface area contributed by atoms with E-state index in [1.54, 1.807) is 7.11 Å². The molecule has 0 radical (unpaired) electrons. The Bertz CT molecular complexity index is 370. The van der Waals surface area contributed by atoms with E-state index in [1.807, 2.05) is 12.1 Å². The smallest absolute Gasteiger partial charge is 0.119 e. The van der Waals surface area contributed by atoms with Gasteiger partial charge in [0.1, 0.15) is 5.75 Å². The summed E-state index contributed by atoms with van der Waals surface area (Å²) in [5, 5.41) is 0. The molecule has 0 bridgehead atoms. The maximum Gasteiger partial charge on any atom is 0.119 e. The molecule has 16 heavy (non-hydrogen) atoms. The summed E-state index contributed by atoms with van der Waals surface area (Å²) in [6.45, 7) is 3.01. The first kappa shape index (κ1) is 11.9. The lowest BCUT2D eigenvalue weighted by Gasteiger charge is -2.16. The minimum absolute atomic E-state index is 0.337. The van der Waals surface area contributed by atoms with Gasteiger partial charge in [0.25, 0.3) is 0 Å². The summed E-state index contributed by atoms with van der Waals surface area (Å²) in [5.41, 5.74) is 7.15. The van der Waals surface area contributed by atoms with E-state index in [1.165, 1.54) is 5.56 Å². The Balaban J connectivity index is 2.08. The topological polar surface area (TPSA) is 38.5 Å². The van der Waals surface area contributed by atoms with Crippen LogP contribution in [0.2, 0.25) is 0 Å². The van der Waals surface area contributed by atoms with Crippen molar-refractivity contribution in [2.24, 2.45) is 5.73 Å². The molecule has 0 amide bonds. The molecule has 0 spiro atoms. The fraction of sp³-hybridized carbons (Fsp3) is 0.500. The van der Waals surface area contributed by atoms with Crippen molar-refractivity contribution in [1.82, 2.24) is 4.90 Å². The van der Waals surface area contributed by atoms with Gasteiger partial charge in [0.2, 0.25) is 0 Å². The van der Waals surface area contributed by atoms with Gasteiger partial charge in [-0.1, -0.05) is 15.9 Å². The molecule has 0 aliphatic carbocycles. The minimum atomic E-state index is 0.337. The third-order valence-electron chi connectivity index (χ3n) is 2.96. The van der Waals surface area contributed by atoms with Gasteiger partial charge in [-0.05, 0) is 30.2 Å². The number of benzene rings is 1. The van der Waals surface area contributed by atoms with Gasteiger partial charge < -0.3 is 10.5 Å². The molecule has 0 unspecified atom stereocenters. The molecule has 2 rings (SSSR count). The van der Waals surface area contributed by atoms with E-state index in [2.05, 4.69) is 26.9 Å². The Morgan fingerprint density at radius 2 is 2.38 bits per heavy atom. The monoisotopic (exact) mass is 284 g/mol. The lowest BCUT2D eigenvalue weighted by molar-refractivity contribution is 0.325. The predicted octanol–water partition coefficient (Wildman–Crippen LogP) is 1.99. The van der Waals surface area contributed by atoms with Crippen LogP contribution in [0.3, 0.4) is 0 Å². The fourth-order valence-corrected chi connectivity index (χ4v) is 2.42. The van der Waals surface area contributed by atoms with E-state index in [9.17, 15) is 0 Å². The quantitative estimate of drug-likeness (QED) is 0.923. The summed E-state index contributed by atoms with van der Waals surface area (Å²) >= 11 is 3.57. The summed E-state index contributed by atoms with van der Waals surface area (Å²) < 4.78 is 6.36. The van der Waals surface area contributed by atoms with Gasteiger partial charge in [-0.3, -0.25) is 4.90 Å². The largest absolute Gasteiger partial charge is 0.497 e. The Labute approximate surface area is 105 Å². The zero-order valence-corrected chi connectivity index (χ0v) is 11.0. The number of nitrogens with two attached hydrogens (primary N) is 1. The fourth-order valence-electron chi connectivity index (χ4n) is 2.05. The molecule has 0 saturated carbocycles. The number of halogens is 1. The van der Waals surface area contributed by atoms with Crippen LogP contribution in [0.5, 0.6) is 5.75 Å². The Hall–Kier alpha value is -0.580. The maximum absolute atomic E-state index is 5.89. The highest BCUT2D eigenvalue weighted by atomic mass is 79.9. The standard InChI is InChI=1S/C12H17BrN2O/c1-16-11-2-3-12(13)9(6-11)7-15-5-4-10(14)8-15/h2-3,6,10H,4-5,7-8,14H2,1H3/t10-/m1/s1. The van der Waals surface area contributed by atoms with Gasteiger partial charge in [0.05, 0.1) is 7.11 Å². The van der Waals surface area contributed by atoms with Crippen LogP contribution in [0.1, 0.15) is 12.0 Å². The Morgan fingerprint density at radius 3 is 3.00 bits per heavy atom. The van der Waals surface area contributed by atoms with Crippen molar-refractivity contribution in [2.75, 3.05) is 20.2 Å². The number of nitrogens with zero attached hydrogens (tertiary/aromatic N) is 1. The Kier molecular flexibility index (Phi) is 3.84. The van der Waals surface area contributed by atoms with Crippen LogP contribution in [0.15, 0.2) is 22.7 Å². The molecule has 1 aliphatic rings. The lowest BCUT2D eigenvalue weighted by Crippen LogP contribution is -2.26. The van der Waals surface area contributed by atoms with Crippen LogP contribution in [-0.2, 0) is 6.54 Å². The summed E-state index contributed by atoms with van der Waals surface area (Å²) in [4.78, 5) is 2.38. The van der Waals surface area contributed by atoms with E-state index in [-0.39, 0.29) is 0 Å². The van der Waals surface area contributed by atoms with E-state index >= 15 is 0 Å². The van der Waals surface area contributed by atoms with Gasteiger partial charge in [-0.2, -0.15) is 0 Å². The highest BCUT2D eigenvalue weighted by molar-refractivity contribution is 9.10. The van der Waals surface area contributed by atoms with E-state index in [0.29, 0.717) is 6.04 Å². The van der Waals surface area contributed by atoms with Crippen molar-refractivity contribution in [3.8, 4) is 5.75 Å². The number of likely N-dealkylation sites (tertiary alicyclic amines) is 1. The average Bonchev–Trinajstić information content (AvgIpc) is 2.67. The predicted molar refractivity (Wildman–Crippen MR) is 68.6 cm³/mol. The number of methoxy groups -OCH3 is 1. The first-order chi connectivity index (χ1) is 7.69. The molecule has 3 nitrogen and oxygen atoms in total. The molecule has 88 valence electrons. The van der Waals surface area contributed by atoms with Gasteiger partial charge in [-0.15, -0.1) is 0 Å². The lowest BCUT2D eigenvalue weighted by atomic mass is 10.2. The van der Waals surface area contributed by atoms with Gasteiger partial charge in [-0.25, -0.2) is 0 Å². The molecule has 4 heteroatoms. The maximum atomic E-state index is 5.89. The van der Waals surface area contributed by atoms with E-state index < -0.39 is 0 Å². The van der Waals surface area contributed by atoms with Crippen molar-refractivity contribution in [2.45, 2.75) is 19.0 Å². The van der Waals surface area contributed by atoms with Gasteiger partial charge in [0, 0.05) is 30.1 Å². The molecule has 1 aromatic rings. The summed E-state index contributed by atoms with van der Waals surface area (Å²) in [6.07, 6.45) is 1.10. The third-order valence-corrected chi connectivity index (χ3v) is 3.73. The van der Waals surface area contributed by atoms with Crippen LogP contribution in [-0.4, -0.2) is 31.1 Å². The second-order valence-electron chi connectivity index (χ2n) is 4.24. The van der Waals surface area contributed by atoms with Crippen LogP contribution in [0, 0.1) is 0 Å². The minimum Gasteiger partial charge on any atom is -0.497 e. The molecule has 1 fully saturated rings. The molecule has 0 aromatic heterocycles. The highest BCUT2D eigenvalue weighted by Crippen LogP contribution is 2.24. The van der Waals surface area contributed by atoms with Crippen molar-refractivity contribution in [3.05, 3.63) is 28.2 Å². The van der Waals surface area contributed by atoms with Crippen molar-refractivity contribution >= 4 is 15.9 Å². The number of hydrogen-bond donors (Lipinski definition) is 1. The molecule has 1 aromatic carbocycles. The van der Waals surface area contributed by atoms with Crippen LogP contribution in [0.4, 0.5) is 0 Å². The van der Waals surface area contributed by atoms with Crippen molar-refractivity contribution in [1.29, 1.82) is 0 Å². The number of rotatable bonds is 3. The number of ether oxygens (including phenoxy) is 1. The zero-order chi connectivity index (χ0) is 11.5. The van der Waals surface area contributed by atoms with Crippen LogP contribution in [0.25, 0.3) is 0 Å². The second kappa shape index (κ2) is 5.17. The molecule has 1 aliphatic heterocycles. The van der Waals surface area contributed by atoms with Gasteiger partial charge >= 0.3 is 0 Å². The SMILES string of the molecule is COc1ccc(Br)c(CN2CC[C@@H](N)C2)c1. The first-order valence-corrected chi connectivity index (χ1v) is 6.28. The van der Waals surface area contributed by atoms with E-state index in [0.717, 1.165) is 36.3 Å². The van der Waals surface area contributed by atoms with Crippen molar-refractivity contribution < 1.29 is 4.74 Å². The Morgan fingerprint density at radius 1 is 1.56 bits per heavy atom. The van der Waals surface area contributed by atoms with Crippen LogP contribution < -0.4 is 10.5 Å². The normalized spacial score (nSPS) is 21.3. The van der Waals surface area contributed by atoms with E-state index in [4.69, 9.17) is 10.5 Å². The molecular weight excluding hydrogens is 268 g/mol. The number of hydrogen-bond acceptors (Lipinski definition) is 3. The highest BCUT2D eigenvalue weighted by Gasteiger charge is 2.19. The molecular formula is C12H17BrN2O. The second-order valence-corrected chi connectivity index (χ2v) is 5.10. The first-order valence-electron chi connectivity index (χ1n) is 5.49. The van der Waals surface area contributed by atoms with Gasteiger partial charge in [0.15, 0.2) is 0 Å². The summed E-state index contributed by atoms with van der Waals surface area (Å²) in [6, 6.07) is 6.41. The molecule has 1 atom stereocenters. The molecule has 2 N–H and O–H groups in total. The zero-order valence-electron chi connectivity index (χ0n) is 9.45. The average molecular weight is 285 g/mol. The summed E-state index contributed by atoms with van der Waals surface area (Å²) in [5.74, 6) is 0.904.